The van der Waals surface area contributed by atoms with Gasteiger partial charge in [-0.1, -0.05) is 12.1 Å². The molecule has 0 bridgehead atoms. The molecular weight excluding hydrogens is 245 g/mol. The molecule has 0 atom stereocenters. The van der Waals surface area contributed by atoms with Gasteiger partial charge in [0.25, 0.3) is 5.91 Å². The molecule has 19 heavy (non-hydrogen) atoms. The normalized spacial score (nSPS) is 10.6. The Bertz CT molecular complexity index is 751. The first kappa shape index (κ1) is 11.4. The Morgan fingerprint density at radius 1 is 1.16 bits per heavy atom. The molecule has 1 aromatic carbocycles. The molecule has 0 saturated heterocycles. The Morgan fingerprint density at radius 2 is 2.00 bits per heavy atom. The van der Waals surface area contributed by atoms with E-state index in [1.165, 1.54) is 12.1 Å². The maximum absolute atomic E-state index is 13.5. The van der Waals surface area contributed by atoms with E-state index < -0.39 is 5.82 Å². The van der Waals surface area contributed by atoms with E-state index in [2.05, 4.69) is 10.3 Å². The molecule has 1 N–H and O–H groups in total. The van der Waals surface area contributed by atoms with Gasteiger partial charge in [-0.3, -0.25) is 4.79 Å². The summed E-state index contributed by atoms with van der Waals surface area (Å²) in [4.78, 5) is 16.3. The average molecular weight is 255 g/mol. The second-order valence-corrected chi connectivity index (χ2v) is 4.01. The number of halogens is 1. The fraction of sp³-hybridized carbons (Fsp3) is 0. The number of nitrogens with one attached hydrogen (secondary N) is 1. The van der Waals surface area contributed by atoms with Gasteiger partial charge in [-0.15, -0.1) is 0 Å². The number of hydrogen-bond donors (Lipinski definition) is 1. The summed E-state index contributed by atoms with van der Waals surface area (Å²) in [5, 5.41) is 2.54. The Hall–Kier alpha value is -2.69. The molecule has 2 heterocycles. The third-order valence-electron chi connectivity index (χ3n) is 2.79. The highest BCUT2D eigenvalue weighted by atomic mass is 19.1. The molecule has 1 amide bonds. The monoisotopic (exact) mass is 255 g/mol. The third kappa shape index (κ3) is 2.06. The maximum atomic E-state index is 13.5. The maximum Gasteiger partial charge on any atom is 0.259 e. The number of hydrogen-bond acceptors (Lipinski definition) is 2. The van der Waals surface area contributed by atoms with Gasteiger partial charge in [0, 0.05) is 18.6 Å². The molecule has 0 saturated carbocycles. The number of rotatable bonds is 2. The van der Waals surface area contributed by atoms with Crippen molar-refractivity contribution in [2.24, 2.45) is 0 Å². The van der Waals surface area contributed by atoms with Gasteiger partial charge < -0.3 is 9.72 Å². The fourth-order valence-corrected chi connectivity index (χ4v) is 1.88. The van der Waals surface area contributed by atoms with Crippen molar-refractivity contribution in [3.05, 3.63) is 66.4 Å². The zero-order chi connectivity index (χ0) is 13.2. The quantitative estimate of drug-likeness (QED) is 0.765. The topological polar surface area (TPSA) is 46.4 Å². The second-order valence-electron chi connectivity index (χ2n) is 4.01. The van der Waals surface area contributed by atoms with Gasteiger partial charge >= 0.3 is 0 Å². The first-order chi connectivity index (χ1) is 9.25. The fourth-order valence-electron chi connectivity index (χ4n) is 1.88. The van der Waals surface area contributed by atoms with Gasteiger partial charge in [-0.05, 0) is 24.3 Å². The van der Waals surface area contributed by atoms with Gasteiger partial charge in [-0.25, -0.2) is 9.37 Å². The number of para-hydroxylation sites is 1. The lowest BCUT2D eigenvalue weighted by Gasteiger charge is -2.07. The predicted octanol–water partition coefficient (Wildman–Crippen LogP) is 2.73. The van der Waals surface area contributed by atoms with E-state index in [9.17, 15) is 9.18 Å². The van der Waals surface area contributed by atoms with Crippen molar-refractivity contribution in [1.82, 2.24) is 9.38 Å². The lowest BCUT2D eigenvalue weighted by Crippen LogP contribution is -2.14. The number of pyridine rings is 1. The molecule has 0 radical (unpaired) electrons. The van der Waals surface area contributed by atoms with Gasteiger partial charge in [0.05, 0.1) is 11.3 Å². The summed E-state index contributed by atoms with van der Waals surface area (Å²) >= 11 is 0. The van der Waals surface area contributed by atoms with Crippen molar-refractivity contribution in [3.8, 4) is 0 Å². The van der Waals surface area contributed by atoms with Crippen molar-refractivity contribution in [2.45, 2.75) is 0 Å². The Labute approximate surface area is 108 Å². The molecule has 3 aromatic rings. The van der Waals surface area contributed by atoms with Crippen LogP contribution in [0.5, 0.6) is 0 Å². The minimum absolute atomic E-state index is 0.154. The molecule has 2 aromatic heterocycles. The molecular formula is C14H10FN3O. The van der Waals surface area contributed by atoms with Crippen molar-refractivity contribution in [3.63, 3.8) is 0 Å². The van der Waals surface area contributed by atoms with Crippen molar-refractivity contribution in [2.75, 3.05) is 5.32 Å². The molecule has 0 aliphatic heterocycles. The highest BCUT2D eigenvalue weighted by Gasteiger charge is 2.12. The first-order valence-electron chi connectivity index (χ1n) is 5.73. The molecule has 0 aliphatic carbocycles. The SMILES string of the molecule is O=C(Nc1ccccc1F)c1cccn2ccnc12. The van der Waals surface area contributed by atoms with Crippen molar-refractivity contribution in [1.29, 1.82) is 0 Å². The number of fused-ring (bicyclic) bond motifs is 1. The van der Waals surface area contributed by atoms with Crippen LogP contribution in [-0.2, 0) is 0 Å². The van der Waals surface area contributed by atoms with Crippen LogP contribution in [0.2, 0.25) is 0 Å². The summed E-state index contributed by atoms with van der Waals surface area (Å²) < 4.78 is 15.2. The number of anilines is 1. The summed E-state index contributed by atoms with van der Waals surface area (Å²) in [6.07, 6.45) is 5.15. The van der Waals surface area contributed by atoms with Gasteiger partial charge in [0.15, 0.2) is 0 Å². The summed E-state index contributed by atoms with van der Waals surface area (Å²) in [7, 11) is 0. The summed E-state index contributed by atoms with van der Waals surface area (Å²) in [6.45, 7) is 0. The van der Waals surface area contributed by atoms with Crippen LogP contribution in [0.4, 0.5) is 10.1 Å². The van der Waals surface area contributed by atoms with Crippen LogP contribution in [0.1, 0.15) is 10.4 Å². The number of carbonyl (C=O) groups is 1. The van der Waals surface area contributed by atoms with Crippen molar-refractivity contribution >= 4 is 17.2 Å². The summed E-state index contributed by atoms with van der Waals surface area (Å²) in [5.74, 6) is -0.854. The van der Waals surface area contributed by atoms with E-state index in [0.29, 0.717) is 11.2 Å². The van der Waals surface area contributed by atoms with E-state index in [4.69, 9.17) is 0 Å². The molecule has 0 unspecified atom stereocenters. The van der Waals surface area contributed by atoms with Crippen LogP contribution in [0, 0.1) is 5.82 Å². The third-order valence-corrected chi connectivity index (χ3v) is 2.79. The minimum Gasteiger partial charge on any atom is -0.319 e. The lowest BCUT2D eigenvalue weighted by atomic mass is 10.2. The highest BCUT2D eigenvalue weighted by Crippen LogP contribution is 2.15. The van der Waals surface area contributed by atoms with Crippen LogP contribution in [0.3, 0.4) is 0 Å². The number of imidazole rings is 1. The van der Waals surface area contributed by atoms with Crippen LogP contribution in [0.25, 0.3) is 5.65 Å². The minimum atomic E-state index is -0.467. The molecule has 0 aliphatic rings. The molecule has 0 spiro atoms. The van der Waals surface area contributed by atoms with E-state index >= 15 is 0 Å². The standard InChI is InChI=1S/C14H10FN3O/c15-11-5-1-2-6-12(11)17-14(19)10-4-3-8-18-9-7-16-13(10)18/h1-9H,(H,17,19). The number of nitrogens with zero attached hydrogens (tertiary/aromatic N) is 2. The Balaban J connectivity index is 1.97. The zero-order valence-electron chi connectivity index (χ0n) is 9.88. The van der Waals surface area contributed by atoms with Crippen LogP contribution in [-0.4, -0.2) is 15.3 Å². The predicted molar refractivity (Wildman–Crippen MR) is 69.5 cm³/mol. The van der Waals surface area contributed by atoms with E-state index in [-0.39, 0.29) is 11.6 Å². The number of carbonyl (C=O) groups excluding carboxylic acids is 1. The van der Waals surface area contributed by atoms with Gasteiger partial charge in [0.2, 0.25) is 0 Å². The summed E-state index contributed by atoms with van der Waals surface area (Å²) in [5.41, 5.74) is 1.09. The number of benzene rings is 1. The number of amides is 1. The smallest absolute Gasteiger partial charge is 0.259 e. The lowest BCUT2D eigenvalue weighted by molar-refractivity contribution is 0.102. The van der Waals surface area contributed by atoms with Crippen LogP contribution in [0.15, 0.2) is 55.0 Å². The molecule has 3 rings (SSSR count). The Kier molecular flexibility index (Phi) is 2.72. The zero-order valence-corrected chi connectivity index (χ0v) is 9.88. The van der Waals surface area contributed by atoms with Gasteiger partial charge in [-0.2, -0.15) is 0 Å². The van der Waals surface area contributed by atoms with Gasteiger partial charge in [0.1, 0.15) is 11.5 Å². The van der Waals surface area contributed by atoms with E-state index in [0.717, 1.165) is 0 Å². The summed E-state index contributed by atoms with van der Waals surface area (Å²) in [6, 6.07) is 9.43. The average Bonchev–Trinajstić information content (AvgIpc) is 2.89. The number of aromatic nitrogens is 2. The largest absolute Gasteiger partial charge is 0.319 e. The van der Waals surface area contributed by atoms with Crippen LogP contribution >= 0.6 is 0 Å². The van der Waals surface area contributed by atoms with Crippen LogP contribution < -0.4 is 5.32 Å². The molecule has 5 heteroatoms. The first-order valence-corrected chi connectivity index (χ1v) is 5.73. The van der Waals surface area contributed by atoms with Crippen molar-refractivity contribution < 1.29 is 9.18 Å². The highest BCUT2D eigenvalue weighted by molar-refractivity contribution is 6.08. The molecule has 0 fully saturated rings. The van der Waals surface area contributed by atoms with E-state index in [1.54, 1.807) is 47.3 Å². The molecule has 94 valence electrons. The molecule has 4 nitrogen and oxygen atoms in total. The second kappa shape index (κ2) is 4.53. The van der Waals surface area contributed by atoms with E-state index in [1.807, 2.05) is 0 Å². The Morgan fingerprint density at radius 3 is 2.84 bits per heavy atom.